The number of rotatable bonds is 5. The van der Waals surface area contributed by atoms with Crippen LogP contribution in [0.3, 0.4) is 0 Å². The molecule has 1 N–H and O–H groups in total. The number of amides is 1. The van der Waals surface area contributed by atoms with E-state index in [4.69, 9.17) is 25.5 Å². The molecule has 0 saturated heterocycles. The first-order valence-corrected chi connectivity index (χ1v) is 9.68. The molecule has 1 aromatic carbocycles. The van der Waals surface area contributed by atoms with Crippen molar-refractivity contribution < 1.29 is 23.5 Å². The van der Waals surface area contributed by atoms with Crippen LogP contribution < -0.4 is 15.7 Å². The highest BCUT2D eigenvalue weighted by Crippen LogP contribution is 2.31. The van der Waals surface area contributed by atoms with Crippen LogP contribution in [-0.4, -0.2) is 23.7 Å². The summed E-state index contributed by atoms with van der Waals surface area (Å²) in [6.45, 7) is 10.8. The van der Waals surface area contributed by atoms with Crippen molar-refractivity contribution in [3.05, 3.63) is 39.2 Å². The molecule has 0 bridgehead atoms. The number of esters is 1. The lowest BCUT2D eigenvalue weighted by atomic mass is 10.0. The fraction of sp³-hybridized carbons (Fsp3) is 0.476. The van der Waals surface area contributed by atoms with Gasteiger partial charge in [-0.3, -0.25) is 0 Å². The predicted octanol–water partition coefficient (Wildman–Crippen LogP) is 4.60. The number of nitrogens with one attached hydrogen (secondary N) is 1. The SMILES string of the molecule is Cc1cc(=O)oc2cc(OC(=O)C(CC(C)C)NC(=O)OC(C)(C)C)c(Cl)cc12. The Hall–Kier alpha value is -2.54. The zero-order valence-electron chi connectivity index (χ0n) is 17.4. The lowest BCUT2D eigenvalue weighted by molar-refractivity contribution is -0.137. The van der Waals surface area contributed by atoms with Crippen molar-refractivity contribution in [2.24, 2.45) is 5.92 Å². The van der Waals surface area contributed by atoms with Gasteiger partial charge < -0.3 is 19.2 Å². The second-order valence-corrected chi connectivity index (χ2v) is 8.68. The number of halogens is 1. The highest BCUT2D eigenvalue weighted by Gasteiger charge is 2.27. The standard InChI is InChI=1S/C21H26ClNO6/c1-11(2)7-15(23-20(26)29-21(4,5)6)19(25)28-17-10-16-13(9-14(17)22)12(3)8-18(24)27-16/h8-11,15H,7H2,1-6H3,(H,23,26). The number of carbonyl (C=O) groups is 2. The predicted molar refractivity (Wildman–Crippen MR) is 110 cm³/mol. The van der Waals surface area contributed by atoms with Crippen LogP contribution in [0.15, 0.2) is 27.4 Å². The largest absolute Gasteiger partial charge is 0.444 e. The summed E-state index contributed by atoms with van der Waals surface area (Å²) in [6, 6.07) is 3.38. The number of hydrogen-bond donors (Lipinski definition) is 1. The van der Waals surface area contributed by atoms with Gasteiger partial charge in [-0.05, 0) is 51.7 Å². The van der Waals surface area contributed by atoms with Crippen molar-refractivity contribution in [2.75, 3.05) is 0 Å². The average Bonchev–Trinajstić information content (AvgIpc) is 2.53. The van der Waals surface area contributed by atoms with Crippen molar-refractivity contribution in [3.63, 3.8) is 0 Å². The van der Waals surface area contributed by atoms with Crippen molar-refractivity contribution >= 4 is 34.6 Å². The van der Waals surface area contributed by atoms with Crippen LogP contribution in [0, 0.1) is 12.8 Å². The van der Waals surface area contributed by atoms with Crippen LogP contribution in [-0.2, 0) is 9.53 Å². The molecule has 8 heteroatoms. The highest BCUT2D eigenvalue weighted by atomic mass is 35.5. The maximum absolute atomic E-state index is 12.7. The van der Waals surface area contributed by atoms with Crippen LogP contribution in [0.5, 0.6) is 5.75 Å². The van der Waals surface area contributed by atoms with Crippen LogP contribution in [0.2, 0.25) is 5.02 Å². The third-order valence-corrected chi connectivity index (χ3v) is 4.19. The summed E-state index contributed by atoms with van der Waals surface area (Å²) < 4.78 is 15.8. The maximum Gasteiger partial charge on any atom is 0.408 e. The van der Waals surface area contributed by atoms with E-state index in [0.717, 1.165) is 0 Å². The fourth-order valence-corrected chi connectivity index (χ4v) is 2.91. The minimum Gasteiger partial charge on any atom is -0.444 e. The Morgan fingerprint density at radius 3 is 2.45 bits per heavy atom. The van der Waals surface area contributed by atoms with E-state index in [0.29, 0.717) is 17.4 Å². The first-order chi connectivity index (χ1) is 13.4. The van der Waals surface area contributed by atoms with Crippen LogP contribution in [0.1, 0.15) is 46.6 Å². The van der Waals surface area contributed by atoms with E-state index in [9.17, 15) is 14.4 Å². The van der Waals surface area contributed by atoms with E-state index in [1.807, 2.05) is 13.8 Å². The Morgan fingerprint density at radius 1 is 1.21 bits per heavy atom. The number of hydrogen-bond acceptors (Lipinski definition) is 6. The number of aryl methyl sites for hydroxylation is 1. The number of ether oxygens (including phenoxy) is 2. The molecule has 0 aliphatic heterocycles. The fourth-order valence-electron chi connectivity index (χ4n) is 2.71. The van der Waals surface area contributed by atoms with Gasteiger partial charge in [-0.25, -0.2) is 14.4 Å². The van der Waals surface area contributed by atoms with Crippen molar-refractivity contribution in [1.82, 2.24) is 5.32 Å². The number of alkyl carbamates (subject to hydrolysis) is 1. The van der Waals surface area contributed by atoms with Gasteiger partial charge in [0.05, 0.1) is 5.02 Å². The molecule has 1 atom stereocenters. The van der Waals surface area contributed by atoms with E-state index in [1.54, 1.807) is 33.8 Å². The third kappa shape index (κ3) is 6.49. The highest BCUT2D eigenvalue weighted by molar-refractivity contribution is 6.33. The minimum absolute atomic E-state index is 0.0395. The van der Waals surface area contributed by atoms with Gasteiger partial charge in [-0.1, -0.05) is 25.4 Å². The van der Waals surface area contributed by atoms with Gasteiger partial charge in [0.2, 0.25) is 0 Å². The molecule has 1 aromatic heterocycles. The summed E-state index contributed by atoms with van der Waals surface area (Å²) in [5, 5.41) is 3.37. The molecule has 0 radical (unpaired) electrons. The minimum atomic E-state index is -0.930. The molecular weight excluding hydrogens is 398 g/mol. The van der Waals surface area contributed by atoms with Gasteiger partial charge >= 0.3 is 17.7 Å². The Labute approximate surface area is 174 Å². The van der Waals surface area contributed by atoms with Gasteiger partial charge in [0, 0.05) is 17.5 Å². The first kappa shape index (κ1) is 22.7. The Morgan fingerprint density at radius 2 is 1.86 bits per heavy atom. The molecule has 1 amide bonds. The zero-order valence-corrected chi connectivity index (χ0v) is 18.2. The van der Waals surface area contributed by atoms with Gasteiger partial charge in [-0.15, -0.1) is 0 Å². The summed E-state index contributed by atoms with van der Waals surface area (Å²) in [6.07, 6.45) is -0.372. The van der Waals surface area contributed by atoms with E-state index in [1.165, 1.54) is 12.1 Å². The topological polar surface area (TPSA) is 94.8 Å². The molecule has 0 aliphatic carbocycles. The lowest BCUT2D eigenvalue weighted by Gasteiger charge is -2.23. The molecule has 0 aliphatic rings. The molecule has 0 saturated carbocycles. The number of carbonyl (C=O) groups excluding carboxylic acids is 2. The summed E-state index contributed by atoms with van der Waals surface area (Å²) in [5.41, 5.74) is -0.269. The van der Waals surface area contributed by atoms with Crippen LogP contribution in [0.25, 0.3) is 11.0 Å². The second-order valence-electron chi connectivity index (χ2n) is 8.28. The van der Waals surface area contributed by atoms with Crippen molar-refractivity contribution in [3.8, 4) is 5.75 Å². The quantitative estimate of drug-likeness (QED) is 0.429. The molecule has 158 valence electrons. The molecule has 2 aromatic rings. The maximum atomic E-state index is 12.7. The number of fused-ring (bicyclic) bond motifs is 1. The molecule has 1 unspecified atom stereocenters. The van der Waals surface area contributed by atoms with E-state index < -0.39 is 29.3 Å². The zero-order chi connectivity index (χ0) is 21.9. The summed E-state index contributed by atoms with van der Waals surface area (Å²) >= 11 is 6.25. The summed E-state index contributed by atoms with van der Waals surface area (Å²) in [4.78, 5) is 36.5. The Balaban J connectivity index is 2.27. The third-order valence-electron chi connectivity index (χ3n) is 3.90. The monoisotopic (exact) mass is 423 g/mol. The van der Waals surface area contributed by atoms with Gasteiger partial charge in [-0.2, -0.15) is 0 Å². The molecule has 1 heterocycles. The van der Waals surface area contributed by atoms with Gasteiger partial charge in [0.15, 0.2) is 5.75 Å². The average molecular weight is 424 g/mol. The summed E-state index contributed by atoms with van der Waals surface area (Å²) in [7, 11) is 0. The molecule has 0 spiro atoms. The summed E-state index contributed by atoms with van der Waals surface area (Å²) in [5.74, 6) is -0.547. The van der Waals surface area contributed by atoms with Gasteiger partial charge in [0.25, 0.3) is 0 Å². The normalized spacial score (nSPS) is 12.7. The lowest BCUT2D eigenvalue weighted by Crippen LogP contribution is -2.45. The van der Waals surface area contributed by atoms with Crippen molar-refractivity contribution in [2.45, 2.75) is 59.6 Å². The molecule has 7 nitrogen and oxygen atoms in total. The van der Waals surface area contributed by atoms with E-state index >= 15 is 0 Å². The van der Waals surface area contributed by atoms with Gasteiger partial charge in [0.1, 0.15) is 17.2 Å². The molecule has 0 fully saturated rings. The molecule has 2 rings (SSSR count). The Kier molecular flexibility index (Phi) is 6.95. The smallest absolute Gasteiger partial charge is 0.408 e. The molecular formula is C21H26ClNO6. The number of benzene rings is 1. The molecule has 29 heavy (non-hydrogen) atoms. The first-order valence-electron chi connectivity index (χ1n) is 9.31. The van der Waals surface area contributed by atoms with Crippen LogP contribution in [0.4, 0.5) is 4.79 Å². The van der Waals surface area contributed by atoms with Crippen LogP contribution >= 0.6 is 11.6 Å². The van der Waals surface area contributed by atoms with E-state index in [-0.39, 0.29) is 22.3 Å². The van der Waals surface area contributed by atoms with E-state index in [2.05, 4.69) is 5.32 Å². The van der Waals surface area contributed by atoms with Crippen molar-refractivity contribution in [1.29, 1.82) is 0 Å². The second kappa shape index (κ2) is 8.86. The Bertz CT molecular complexity index is 974.